The molecule has 0 aliphatic carbocycles. The summed E-state index contributed by atoms with van der Waals surface area (Å²) in [6.07, 6.45) is 0. The molecule has 0 bridgehead atoms. The summed E-state index contributed by atoms with van der Waals surface area (Å²) >= 11 is -0.282. The number of carbonyl (C=O) groups excluding carboxylic acids is 1. The predicted molar refractivity (Wildman–Crippen MR) is 97.3 cm³/mol. The zero-order valence-corrected chi connectivity index (χ0v) is 15.6. The highest BCUT2D eigenvalue weighted by Crippen LogP contribution is 2.44. The summed E-state index contributed by atoms with van der Waals surface area (Å²) in [6, 6.07) is 9.98. The van der Waals surface area contributed by atoms with Crippen molar-refractivity contribution in [3.63, 3.8) is 0 Å². The van der Waals surface area contributed by atoms with Crippen molar-refractivity contribution in [1.82, 2.24) is 10.4 Å². The highest BCUT2D eigenvalue weighted by Gasteiger charge is 2.31. The molecule has 0 heterocycles. The van der Waals surface area contributed by atoms with E-state index in [-0.39, 0.29) is 22.4 Å². The molecule has 0 radical (unpaired) electrons. The number of nitrogens with one attached hydrogen (secondary N) is 2. The first-order valence-corrected chi connectivity index (χ1v) is 8.44. The Kier molecular flexibility index (Phi) is 6.81. The van der Waals surface area contributed by atoms with E-state index < -0.39 is 11.5 Å². The van der Waals surface area contributed by atoms with E-state index in [2.05, 4.69) is 10.7 Å². The van der Waals surface area contributed by atoms with E-state index in [4.69, 9.17) is 9.47 Å². The minimum atomic E-state index is -4.46. The molecule has 2 aromatic carbocycles. The number of urea groups is 1. The van der Waals surface area contributed by atoms with Crippen molar-refractivity contribution in [3.05, 3.63) is 42.5 Å². The summed E-state index contributed by atoms with van der Waals surface area (Å²) in [5.74, 6) is 0.660. The first-order chi connectivity index (χ1) is 12.7. The van der Waals surface area contributed by atoms with Gasteiger partial charge in [0.2, 0.25) is 0 Å². The molecular weight excluding hydrogens is 383 g/mol. The van der Waals surface area contributed by atoms with Crippen molar-refractivity contribution in [1.29, 1.82) is 0 Å². The first kappa shape index (κ1) is 20.7. The van der Waals surface area contributed by atoms with Gasteiger partial charge in [-0.05, 0) is 54.2 Å². The number of carbonyl (C=O) groups is 1. The molecule has 0 aromatic heterocycles. The highest BCUT2D eigenvalue weighted by molar-refractivity contribution is 8.00. The van der Waals surface area contributed by atoms with Gasteiger partial charge in [-0.15, -0.1) is 0 Å². The minimum Gasteiger partial charge on any atom is -0.497 e. The van der Waals surface area contributed by atoms with E-state index in [0.717, 1.165) is 0 Å². The second-order valence-corrected chi connectivity index (χ2v) is 6.55. The Balaban J connectivity index is 2.13. The monoisotopic (exact) mass is 401 g/mol. The first-order valence-electron chi connectivity index (χ1n) is 7.63. The predicted octanol–water partition coefficient (Wildman–Crippen LogP) is 4.70. The third-order valence-electron chi connectivity index (χ3n) is 3.04. The Morgan fingerprint density at radius 3 is 2.26 bits per heavy atom. The van der Waals surface area contributed by atoms with Crippen LogP contribution in [0.15, 0.2) is 47.4 Å². The van der Waals surface area contributed by atoms with Crippen molar-refractivity contribution < 1.29 is 27.4 Å². The van der Waals surface area contributed by atoms with Gasteiger partial charge in [-0.3, -0.25) is 5.43 Å². The summed E-state index contributed by atoms with van der Waals surface area (Å²) in [5.41, 5.74) is -1.44. The number of hydrogen-bond donors (Lipinski definition) is 2. The van der Waals surface area contributed by atoms with Gasteiger partial charge in [0.15, 0.2) is 0 Å². The molecule has 0 spiro atoms. The van der Waals surface area contributed by atoms with Crippen molar-refractivity contribution in [2.75, 3.05) is 26.5 Å². The molecule has 2 amide bonds. The second-order valence-electron chi connectivity index (χ2n) is 5.45. The highest BCUT2D eigenvalue weighted by atomic mass is 32.2. The SMILES string of the molecule is COc1ccc(Oc2ccc(NC(=O)NN(C)C)cc2)c(SC(F)(F)F)c1. The maximum absolute atomic E-state index is 12.8. The molecule has 2 rings (SSSR count). The van der Waals surface area contributed by atoms with Gasteiger partial charge in [-0.1, -0.05) is 0 Å². The third-order valence-corrected chi connectivity index (χ3v) is 3.81. The Morgan fingerprint density at radius 2 is 1.70 bits per heavy atom. The normalized spacial score (nSPS) is 11.2. The fourth-order valence-corrected chi connectivity index (χ4v) is 2.63. The fourth-order valence-electron chi connectivity index (χ4n) is 2.00. The van der Waals surface area contributed by atoms with E-state index in [0.29, 0.717) is 17.2 Å². The summed E-state index contributed by atoms with van der Waals surface area (Å²) in [6.45, 7) is 0. The van der Waals surface area contributed by atoms with Crippen LogP contribution in [0.4, 0.5) is 23.7 Å². The van der Waals surface area contributed by atoms with Crippen LogP contribution < -0.4 is 20.2 Å². The van der Waals surface area contributed by atoms with Gasteiger partial charge in [0, 0.05) is 19.8 Å². The molecule has 0 fully saturated rings. The van der Waals surface area contributed by atoms with Crippen LogP contribution in [0.2, 0.25) is 0 Å². The van der Waals surface area contributed by atoms with Gasteiger partial charge < -0.3 is 14.8 Å². The largest absolute Gasteiger partial charge is 0.497 e. The summed E-state index contributed by atoms with van der Waals surface area (Å²) in [5, 5.41) is 4.09. The smallest absolute Gasteiger partial charge is 0.446 e. The lowest BCUT2D eigenvalue weighted by atomic mass is 10.3. The molecule has 146 valence electrons. The molecule has 0 saturated carbocycles. The van der Waals surface area contributed by atoms with Crippen LogP contribution in [0.5, 0.6) is 17.2 Å². The van der Waals surface area contributed by atoms with E-state index in [9.17, 15) is 18.0 Å². The summed E-state index contributed by atoms with van der Waals surface area (Å²) in [4.78, 5) is 11.5. The van der Waals surface area contributed by atoms with E-state index >= 15 is 0 Å². The standard InChI is InChI=1S/C17H18F3N3O3S/c1-23(2)22-16(24)21-11-4-6-12(7-5-11)26-14-9-8-13(25-3)10-15(14)27-17(18,19)20/h4-10H,1-3H3,(H2,21,22,24). The number of alkyl halides is 3. The molecule has 0 atom stereocenters. The number of halogens is 3. The molecule has 2 aromatic rings. The zero-order chi connectivity index (χ0) is 20.0. The van der Waals surface area contributed by atoms with Crippen LogP contribution >= 0.6 is 11.8 Å². The zero-order valence-electron chi connectivity index (χ0n) is 14.8. The molecule has 0 aliphatic heterocycles. The Bertz CT molecular complexity index is 783. The molecule has 10 heteroatoms. The van der Waals surface area contributed by atoms with Crippen molar-refractivity contribution in [2.24, 2.45) is 0 Å². The number of ether oxygens (including phenoxy) is 2. The van der Waals surface area contributed by atoms with Crippen LogP contribution in [0.3, 0.4) is 0 Å². The number of rotatable bonds is 6. The summed E-state index contributed by atoms with van der Waals surface area (Å²) < 4.78 is 48.9. The topological polar surface area (TPSA) is 62.8 Å². The lowest BCUT2D eigenvalue weighted by Crippen LogP contribution is -2.39. The number of hydrogen-bond acceptors (Lipinski definition) is 5. The number of thioether (sulfide) groups is 1. The van der Waals surface area contributed by atoms with Gasteiger partial charge in [-0.25, -0.2) is 9.80 Å². The average Bonchev–Trinajstić information content (AvgIpc) is 2.56. The number of nitrogens with zero attached hydrogens (tertiary/aromatic N) is 1. The average molecular weight is 401 g/mol. The third kappa shape index (κ3) is 6.91. The number of anilines is 1. The van der Waals surface area contributed by atoms with E-state index in [1.165, 1.54) is 42.5 Å². The van der Waals surface area contributed by atoms with Crippen LogP contribution in [0, 0.1) is 0 Å². The van der Waals surface area contributed by atoms with E-state index in [1.54, 1.807) is 26.2 Å². The lowest BCUT2D eigenvalue weighted by molar-refractivity contribution is -0.0328. The lowest BCUT2D eigenvalue weighted by Gasteiger charge is -2.15. The Hall–Kier alpha value is -2.59. The molecule has 0 saturated heterocycles. The van der Waals surface area contributed by atoms with Crippen LogP contribution in [-0.2, 0) is 0 Å². The van der Waals surface area contributed by atoms with Gasteiger partial charge in [0.25, 0.3) is 0 Å². The molecule has 6 nitrogen and oxygen atoms in total. The van der Waals surface area contributed by atoms with Crippen molar-refractivity contribution in [3.8, 4) is 17.2 Å². The Morgan fingerprint density at radius 1 is 1.07 bits per heavy atom. The number of amides is 2. The van der Waals surface area contributed by atoms with Crippen molar-refractivity contribution >= 4 is 23.5 Å². The maximum atomic E-state index is 12.8. The molecule has 0 aliphatic rings. The van der Waals surface area contributed by atoms with Crippen molar-refractivity contribution in [2.45, 2.75) is 10.4 Å². The quantitative estimate of drug-likeness (QED) is 0.543. The summed E-state index contributed by atoms with van der Waals surface area (Å²) in [7, 11) is 4.71. The van der Waals surface area contributed by atoms with Crippen LogP contribution in [-0.4, -0.2) is 37.8 Å². The van der Waals surface area contributed by atoms with Gasteiger partial charge >= 0.3 is 11.5 Å². The second kappa shape index (κ2) is 8.87. The molecule has 27 heavy (non-hydrogen) atoms. The number of benzene rings is 2. The van der Waals surface area contributed by atoms with Gasteiger partial charge in [0.05, 0.1) is 12.0 Å². The fraction of sp³-hybridized carbons (Fsp3) is 0.235. The number of hydrazine groups is 1. The van der Waals surface area contributed by atoms with Gasteiger partial charge in [0.1, 0.15) is 17.2 Å². The van der Waals surface area contributed by atoms with E-state index in [1.807, 2.05) is 0 Å². The maximum Gasteiger partial charge on any atom is 0.446 e. The molecule has 0 unspecified atom stereocenters. The molecule has 2 N–H and O–H groups in total. The molecular formula is C17H18F3N3O3S. The minimum absolute atomic E-state index is 0.0455. The van der Waals surface area contributed by atoms with Gasteiger partial charge in [-0.2, -0.15) is 13.2 Å². The van der Waals surface area contributed by atoms with Crippen LogP contribution in [0.1, 0.15) is 0 Å². The van der Waals surface area contributed by atoms with Crippen LogP contribution in [0.25, 0.3) is 0 Å². The Labute approximate surface area is 158 Å². The number of methoxy groups -OCH3 is 1.